The Morgan fingerprint density at radius 3 is 2.29 bits per heavy atom. The molecular weight excluding hydrogens is 401 g/mol. The van der Waals surface area contributed by atoms with Gasteiger partial charge in [0.1, 0.15) is 0 Å². The summed E-state index contributed by atoms with van der Waals surface area (Å²) in [5, 5.41) is 0.929. The summed E-state index contributed by atoms with van der Waals surface area (Å²) >= 11 is 12.0. The van der Waals surface area contributed by atoms with E-state index in [1.807, 2.05) is 19.1 Å². The van der Waals surface area contributed by atoms with Crippen LogP contribution in [0.4, 0.5) is 0 Å². The fourth-order valence-corrected chi connectivity index (χ4v) is 3.31. The van der Waals surface area contributed by atoms with E-state index in [2.05, 4.69) is 4.98 Å². The molecule has 0 N–H and O–H groups in total. The lowest BCUT2D eigenvalue weighted by Gasteiger charge is -2.34. The van der Waals surface area contributed by atoms with E-state index in [1.54, 1.807) is 34.1 Å². The van der Waals surface area contributed by atoms with E-state index in [4.69, 9.17) is 27.9 Å². The SMILES string of the molecule is CCOc1ccc(Cl)c(C(=O)N2CCN(C(=O)Cc3ccc(Cl)cc3)CC2)n1. The van der Waals surface area contributed by atoms with Crippen LogP contribution in [0.1, 0.15) is 23.0 Å². The van der Waals surface area contributed by atoms with E-state index in [9.17, 15) is 9.59 Å². The van der Waals surface area contributed by atoms with Gasteiger partial charge in [-0.25, -0.2) is 4.98 Å². The summed E-state index contributed by atoms with van der Waals surface area (Å²) in [5.41, 5.74) is 1.09. The predicted octanol–water partition coefficient (Wildman–Crippen LogP) is 3.31. The number of carbonyl (C=O) groups excluding carboxylic acids is 2. The van der Waals surface area contributed by atoms with Crippen molar-refractivity contribution in [2.45, 2.75) is 13.3 Å². The molecule has 0 bridgehead atoms. The molecule has 2 aromatic rings. The summed E-state index contributed by atoms with van der Waals surface area (Å²) in [6, 6.07) is 10.5. The topological polar surface area (TPSA) is 62.7 Å². The van der Waals surface area contributed by atoms with Gasteiger partial charge in [-0.05, 0) is 30.7 Å². The standard InChI is InChI=1S/C20H21Cl2N3O3/c1-2-28-17-8-7-16(22)19(23-17)20(27)25-11-9-24(10-12-25)18(26)13-14-3-5-15(21)6-4-14/h3-8H,2,9-13H2,1H3. The number of halogens is 2. The van der Waals surface area contributed by atoms with Crippen LogP contribution in [0.5, 0.6) is 5.88 Å². The molecule has 1 fully saturated rings. The first kappa shape index (κ1) is 20.4. The first-order chi connectivity index (χ1) is 13.5. The average molecular weight is 422 g/mol. The lowest BCUT2D eigenvalue weighted by atomic mass is 10.1. The third-order valence-corrected chi connectivity index (χ3v) is 5.06. The molecule has 0 aliphatic carbocycles. The molecule has 0 spiro atoms. The monoisotopic (exact) mass is 421 g/mol. The number of ether oxygens (including phenoxy) is 1. The van der Waals surface area contributed by atoms with Crippen LogP contribution in [0, 0.1) is 0 Å². The van der Waals surface area contributed by atoms with Crippen molar-refractivity contribution in [2.24, 2.45) is 0 Å². The molecule has 2 amide bonds. The van der Waals surface area contributed by atoms with Gasteiger partial charge in [-0.2, -0.15) is 0 Å². The summed E-state index contributed by atoms with van der Waals surface area (Å²) in [7, 11) is 0. The highest BCUT2D eigenvalue weighted by molar-refractivity contribution is 6.33. The first-order valence-corrected chi connectivity index (χ1v) is 9.84. The minimum atomic E-state index is -0.253. The summed E-state index contributed by atoms with van der Waals surface area (Å²) in [6.07, 6.45) is 0.314. The summed E-state index contributed by atoms with van der Waals surface area (Å²) in [4.78, 5) is 32.9. The fourth-order valence-electron chi connectivity index (χ4n) is 3.00. The molecule has 1 aliphatic rings. The van der Waals surface area contributed by atoms with E-state index in [0.717, 1.165) is 5.56 Å². The van der Waals surface area contributed by atoms with Crippen LogP contribution in [0.2, 0.25) is 10.0 Å². The minimum Gasteiger partial charge on any atom is -0.478 e. The third kappa shape index (κ3) is 4.94. The maximum atomic E-state index is 12.8. The normalized spacial score (nSPS) is 14.1. The van der Waals surface area contributed by atoms with Crippen LogP contribution in [-0.4, -0.2) is 59.4 Å². The Bertz CT molecular complexity index is 850. The lowest BCUT2D eigenvalue weighted by molar-refractivity contribution is -0.131. The van der Waals surface area contributed by atoms with Crippen molar-refractivity contribution in [3.8, 4) is 5.88 Å². The quantitative estimate of drug-likeness (QED) is 0.742. The molecule has 1 saturated heterocycles. The zero-order valence-electron chi connectivity index (χ0n) is 15.5. The van der Waals surface area contributed by atoms with Crippen molar-refractivity contribution in [1.82, 2.24) is 14.8 Å². The summed E-state index contributed by atoms with van der Waals surface area (Å²) in [5.74, 6) is 0.146. The number of rotatable bonds is 5. The second kappa shape index (κ2) is 9.26. The largest absolute Gasteiger partial charge is 0.478 e. The molecule has 2 heterocycles. The molecule has 28 heavy (non-hydrogen) atoms. The Balaban J connectivity index is 1.58. The van der Waals surface area contributed by atoms with Gasteiger partial charge in [0.25, 0.3) is 5.91 Å². The number of carbonyl (C=O) groups is 2. The van der Waals surface area contributed by atoms with Gasteiger partial charge in [0.2, 0.25) is 11.8 Å². The molecule has 8 heteroatoms. The lowest BCUT2D eigenvalue weighted by Crippen LogP contribution is -2.51. The zero-order chi connectivity index (χ0) is 20.1. The number of hydrogen-bond acceptors (Lipinski definition) is 4. The Kier molecular flexibility index (Phi) is 6.75. The average Bonchev–Trinajstić information content (AvgIpc) is 2.71. The molecule has 6 nitrogen and oxygen atoms in total. The van der Waals surface area contributed by atoms with Crippen molar-refractivity contribution in [3.05, 3.63) is 57.7 Å². The van der Waals surface area contributed by atoms with Crippen LogP contribution < -0.4 is 4.74 Å². The van der Waals surface area contributed by atoms with Crippen molar-refractivity contribution in [3.63, 3.8) is 0 Å². The highest BCUT2D eigenvalue weighted by Crippen LogP contribution is 2.21. The van der Waals surface area contributed by atoms with Crippen molar-refractivity contribution < 1.29 is 14.3 Å². The fraction of sp³-hybridized carbons (Fsp3) is 0.350. The third-order valence-electron chi connectivity index (χ3n) is 4.50. The molecule has 0 saturated carbocycles. The number of benzene rings is 1. The van der Waals surface area contributed by atoms with Crippen LogP contribution in [0.3, 0.4) is 0 Å². The first-order valence-electron chi connectivity index (χ1n) is 9.08. The van der Waals surface area contributed by atoms with Gasteiger partial charge in [-0.1, -0.05) is 35.3 Å². The number of pyridine rings is 1. The van der Waals surface area contributed by atoms with Crippen molar-refractivity contribution >= 4 is 35.0 Å². The number of piperazine rings is 1. The van der Waals surface area contributed by atoms with Crippen LogP contribution in [-0.2, 0) is 11.2 Å². The van der Waals surface area contributed by atoms with E-state index in [0.29, 0.717) is 50.1 Å². The number of aromatic nitrogens is 1. The predicted molar refractivity (Wildman–Crippen MR) is 108 cm³/mol. The molecule has 0 atom stereocenters. The number of hydrogen-bond donors (Lipinski definition) is 0. The highest BCUT2D eigenvalue weighted by Gasteiger charge is 2.27. The molecular formula is C20H21Cl2N3O3. The van der Waals surface area contributed by atoms with Gasteiger partial charge in [0.05, 0.1) is 18.1 Å². The van der Waals surface area contributed by atoms with Crippen molar-refractivity contribution in [1.29, 1.82) is 0 Å². The van der Waals surface area contributed by atoms with Gasteiger partial charge in [-0.3, -0.25) is 9.59 Å². The Morgan fingerprint density at radius 2 is 1.64 bits per heavy atom. The Labute approximate surface area is 174 Å². The van der Waals surface area contributed by atoms with Gasteiger partial charge in [0, 0.05) is 37.3 Å². The summed E-state index contributed by atoms with van der Waals surface area (Å²) in [6.45, 7) is 4.11. The second-order valence-electron chi connectivity index (χ2n) is 6.39. The zero-order valence-corrected chi connectivity index (χ0v) is 17.0. The Morgan fingerprint density at radius 1 is 1.00 bits per heavy atom. The van der Waals surface area contributed by atoms with E-state index >= 15 is 0 Å². The smallest absolute Gasteiger partial charge is 0.274 e. The van der Waals surface area contributed by atoms with Gasteiger partial charge in [0.15, 0.2) is 5.69 Å². The molecule has 148 valence electrons. The maximum Gasteiger partial charge on any atom is 0.274 e. The molecule has 1 aromatic carbocycles. The van der Waals surface area contributed by atoms with E-state index in [1.165, 1.54) is 0 Å². The van der Waals surface area contributed by atoms with Gasteiger partial charge >= 0.3 is 0 Å². The molecule has 1 aliphatic heterocycles. The molecule has 3 rings (SSSR count). The molecule has 0 unspecified atom stereocenters. The Hall–Kier alpha value is -2.31. The molecule has 0 radical (unpaired) electrons. The van der Waals surface area contributed by atoms with E-state index in [-0.39, 0.29) is 22.5 Å². The van der Waals surface area contributed by atoms with E-state index < -0.39 is 0 Å². The van der Waals surface area contributed by atoms with Gasteiger partial charge < -0.3 is 14.5 Å². The minimum absolute atomic E-state index is 0.0314. The number of amides is 2. The molecule has 1 aromatic heterocycles. The van der Waals surface area contributed by atoms with Crippen molar-refractivity contribution in [2.75, 3.05) is 32.8 Å². The number of nitrogens with zero attached hydrogens (tertiary/aromatic N) is 3. The summed E-state index contributed by atoms with van der Waals surface area (Å²) < 4.78 is 5.35. The maximum absolute atomic E-state index is 12.8. The highest BCUT2D eigenvalue weighted by atomic mass is 35.5. The second-order valence-corrected chi connectivity index (χ2v) is 7.23. The van der Waals surface area contributed by atoms with Crippen LogP contribution in [0.15, 0.2) is 36.4 Å². The van der Waals surface area contributed by atoms with Crippen LogP contribution >= 0.6 is 23.2 Å². The van der Waals surface area contributed by atoms with Gasteiger partial charge in [-0.15, -0.1) is 0 Å². The van der Waals surface area contributed by atoms with Crippen LogP contribution in [0.25, 0.3) is 0 Å².